The molecule has 1 saturated heterocycles. The maximum absolute atomic E-state index is 15.3. The van der Waals surface area contributed by atoms with Crippen LogP contribution < -0.4 is 15.1 Å². The molecule has 2 aromatic carbocycles. The molecule has 5 rings (SSSR count). The Kier molecular flexibility index (Phi) is 5.81. The van der Waals surface area contributed by atoms with Crippen molar-refractivity contribution in [1.82, 2.24) is 9.29 Å². The number of aromatic nitrogens is 1. The van der Waals surface area contributed by atoms with Gasteiger partial charge in [0, 0.05) is 31.4 Å². The Morgan fingerprint density at radius 1 is 1.14 bits per heavy atom. The third kappa shape index (κ3) is 4.28. The van der Waals surface area contributed by atoms with Crippen LogP contribution in [0, 0.1) is 11.6 Å². The number of hydrogen-bond acceptors (Lipinski definition) is 5. The summed E-state index contributed by atoms with van der Waals surface area (Å²) in [6.07, 6.45) is 3.16. The number of sulfonamides is 1. The van der Waals surface area contributed by atoms with Gasteiger partial charge in [-0.2, -0.15) is 0 Å². The zero-order valence-electron chi connectivity index (χ0n) is 18.2. The molecule has 0 radical (unpaired) electrons. The second kappa shape index (κ2) is 8.58. The summed E-state index contributed by atoms with van der Waals surface area (Å²) in [6.45, 7) is 0.406. The molecule has 2 aliphatic rings. The lowest BCUT2D eigenvalue weighted by atomic mass is 10.1. The smallest absolute Gasteiger partial charge is 0.341 e. The van der Waals surface area contributed by atoms with E-state index in [9.17, 15) is 27.5 Å². The van der Waals surface area contributed by atoms with E-state index in [4.69, 9.17) is 11.6 Å². The number of hydrogen-bond donors (Lipinski definition) is 2. The van der Waals surface area contributed by atoms with Gasteiger partial charge < -0.3 is 14.6 Å². The SMILES string of the molecule is O=C(O)c1cn(C2CC2)c2c(Cl)c(N3CCC(NS(=O)(=O)c4ccc(F)cc4)C3)c(F)cc2c1=O. The molecule has 8 nitrogen and oxygen atoms in total. The zero-order valence-corrected chi connectivity index (χ0v) is 19.7. The van der Waals surface area contributed by atoms with Crippen molar-refractivity contribution in [1.29, 1.82) is 0 Å². The first-order valence-corrected chi connectivity index (χ1v) is 12.8. The Morgan fingerprint density at radius 3 is 2.46 bits per heavy atom. The summed E-state index contributed by atoms with van der Waals surface area (Å²) in [5.41, 5.74) is -0.984. The van der Waals surface area contributed by atoms with Crippen LogP contribution in [0.4, 0.5) is 14.5 Å². The molecule has 0 bridgehead atoms. The Hall–Kier alpha value is -3.02. The van der Waals surface area contributed by atoms with Gasteiger partial charge in [-0.3, -0.25) is 4.79 Å². The van der Waals surface area contributed by atoms with E-state index in [1.165, 1.54) is 6.20 Å². The summed E-state index contributed by atoms with van der Waals surface area (Å²) in [7, 11) is -3.92. The third-order valence-electron chi connectivity index (χ3n) is 6.30. The molecular formula is C23H20ClF2N3O5S. The molecule has 12 heteroatoms. The molecule has 184 valence electrons. The number of pyridine rings is 1. The maximum Gasteiger partial charge on any atom is 0.341 e. The third-order valence-corrected chi connectivity index (χ3v) is 8.20. The van der Waals surface area contributed by atoms with Crippen LogP contribution in [-0.4, -0.2) is 43.2 Å². The average molecular weight is 524 g/mol. The number of nitrogens with zero attached hydrogens (tertiary/aromatic N) is 2. The van der Waals surface area contributed by atoms with E-state index in [2.05, 4.69) is 4.72 Å². The molecule has 0 spiro atoms. The number of rotatable bonds is 6. The number of anilines is 1. The lowest BCUT2D eigenvalue weighted by Gasteiger charge is -2.23. The van der Waals surface area contributed by atoms with Gasteiger partial charge >= 0.3 is 5.97 Å². The number of fused-ring (bicyclic) bond motifs is 1. The highest BCUT2D eigenvalue weighted by molar-refractivity contribution is 7.89. The number of halogens is 3. The molecule has 0 amide bonds. The van der Waals surface area contributed by atoms with Crippen LogP contribution in [0.25, 0.3) is 10.9 Å². The molecule has 1 aliphatic heterocycles. The van der Waals surface area contributed by atoms with Crippen molar-refractivity contribution in [2.24, 2.45) is 0 Å². The van der Waals surface area contributed by atoms with Gasteiger partial charge in [-0.05, 0) is 49.6 Å². The number of nitrogens with one attached hydrogen (secondary N) is 1. The first-order chi connectivity index (χ1) is 16.6. The van der Waals surface area contributed by atoms with Crippen LogP contribution in [0.3, 0.4) is 0 Å². The van der Waals surface area contributed by atoms with Gasteiger partial charge in [0.05, 0.1) is 26.5 Å². The Morgan fingerprint density at radius 2 is 1.83 bits per heavy atom. The number of carbonyl (C=O) groups is 1. The number of carboxylic acids is 1. The minimum atomic E-state index is -3.92. The monoisotopic (exact) mass is 523 g/mol. The Bertz CT molecular complexity index is 1520. The van der Waals surface area contributed by atoms with Crippen LogP contribution in [0.15, 0.2) is 46.2 Å². The largest absolute Gasteiger partial charge is 0.477 e. The first-order valence-electron chi connectivity index (χ1n) is 10.9. The first kappa shape index (κ1) is 23.7. The van der Waals surface area contributed by atoms with Gasteiger partial charge in [-0.25, -0.2) is 26.7 Å². The molecule has 35 heavy (non-hydrogen) atoms. The van der Waals surface area contributed by atoms with E-state index >= 15 is 4.39 Å². The van der Waals surface area contributed by atoms with Gasteiger partial charge in [-0.1, -0.05) is 11.6 Å². The summed E-state index contributed by atoms with van der Waals surface area (Å²) in [5.74, 6) is -2.76. The molecule has 1 atom stereocenters. The standard InChI is InChI=1S/C23H20ClF2N3O5S/c24-19-20-16(22(30)17(23(31)32)11-29(20)14-3-4-14)9-18(26)21(19)28-8-7-13(10-28)27-35(33,34)15-5-1-12(25)2-6-15/h1-2,5-6,9,11,13-14,27H,3-4,7-8,10H2,(H,31,32). The molecule has 1 aromatic heterocycles. The number of carboxylic acid groups (broad SMARTS) is 1. The predicted molar refractivity (Wildman–Crippen MR) is 126 cm³/mol. The highest BCUT2D eigenvalue weighted by Crippen LogP contribution is 2.42. The van der Waals surface area contributed by atoms with E-state index in [0.717, 1.165) is 43.2 Å². The summed E-state index contributed by atoms with van der Waals surface area (Å²) >= 11 is 6.64. The van der Waals surface area contributed by atoms with Crippen molar-refractivity contribution < 1.29 is 27.1 Å². The van der Waals surface area contributed by atoms with E-state index in [-0.39, 0.29) is 39.1 Å². The van der Waals surface area contributed by atoms with Crippen molar-refractivity contribution in [2.75, 3.05) is 18.0 Å². The summed E-state index contributed by atoms with van der Waals surface area (Å²) in [5, 5.41) is 9.27. The van der Waals surface area contributed by atoms with Crippen LogP contribution in [-0.2, 0) is 10.0 Å². The van der Waals surface area contributed by atoms with Crippen LogP contribution >= 0.6 is 11.6 Å². The van der Waals surface area contributed by atoms with Crippen molar-refractivity contribution in [3.63, 3.8) is 0 Å². The second-order valence-electron chi connectivity index (χ2n) is 8.74. The minimum absolute atomic E-state index is 0.0250. The highest BCUT2D eigenvalue weighted by Gasteiger charge is 2.33. The van der Waals surface area contributed by atoms with Gasteiger partial charge in [-0.15, -0.1) is 0 Å². The van der Waals surface area contributed by atoms with Crippen LogP contribution in [0.2, 0.25) is 5.02 Å². The van der Waals surface area contributed by atoms with E-state index in [1.807, 2.05) is 0 Å². The fraction of sp³-hybridized carbons (Fsp3) is 0.304. The molecule has 1 unspecified atom stereocenters. The summed E-state index contributed by atoms with van der Waals surface area (Å²) in [4.78, 5) is 25.8. The van der Waals surface area contributed by atoms with Crippen molar-refractivity contribution in [2.45, 2.75) is 36.2 Å². The van der Waals surface area contributed by atoms with Gasteiger partial charge in [0.2, 0.25) is 15.5 Å². The Balaban J connectivity index is 1.49. The molecule has 1 saturated carbocycles. The van der Waals surface area contributed by atoms with Gasteiger partial charge in [0.1, 0.15) is 17.2 Å². The molecule has 2 N–H and O–H groups in total. The van der Waals surface area contributed by atoms with Crippen molar-refractivity contribution in [3.8, 4) is 0 Å². The van der Waals surface area contributed by atoms with Gasteiger partial charge in [0.15, 0.2) is 0 Å². The van der Waals surface area contributed by atoms with E-state index in [0.29, 0.717) is 13.0 Å². The van der Waals surface area contributed by atoms with Gasteiger partial charge in [0.25, 0.3) is 0 Å². The predicted octanol–water partition coefficient (Wildman–Crippen LogP) is 3.52. The highest BCUT2D eigenvalue weighted by atomic mass is 35.5. The molecule has 1 aliphatic carbocycles. The average Bonchev–Trinajstić information content (AvgIpc) is 3.54. The Labute approximate surface area is 203 Å². The van der Waals surface area contributed by atoms with Crippen LogP contribution in [0.1, 0.15) is 35.7 Å². The molecule has 3 aromatic rings. The normalized spacial score (nSPS) is 18.4. The summed E-state index contributed by atoms with van der Waals surface area (Å²) in [6, 6.07) is 4.82. The molecule has 2 fully saturated rings. The second-order valence-corrected chi connectivity index (χ2v) is 10.8. The van der Waals surface area contributed by atoms with Crippen molar-refractivity contribution in [3.05, 3.63) is 69.0 Å². The fourth-order valence-corrected chi connectivity index (χ4v) is 6.15. The topological polar surface area (TPSA) is 109 Å². The van der Waals surface area contributed by atoms with E-state index < -0.39 is 44.7 Å². The lowest BCUT2D eigenvalue weighted by Crippen LogP contribution is -2.37. The molecular weight excluding hydrogens is 504 g/mol. The quantitative estimate of drug-likeness (QED) is 0.512. The number of aromatic carboxylic acids is 1. The number of benzene rings is 2. The minimum Gasteiger partial charge on any atom is -0.477 e. The zero-order chi connectivity index (χ0) is 25.1. The molecule has 2 heterocycles. The summed E-state index contributed by atoms with van der Waals surface area (Å²) < 4.78 is 57.9. The lowest BCUT2D eigenvalue weighted by molar-refractivity contribution is 0.0694. The maximum atomic E-state index is 15.3. The van der Waals surface area contributed by atoms with E-state index in [1.54, 1.807) is 9.47 Å². The van der Waals surface area contributed by atoms with Crippen molar-refractivity contribution >= 4 is 44.2 Å². The fourth-order valence-electron chi connectivity index (χ4n) is 4.48. The van der Waals surface area contributed by atoms with Crippen LogP contribution in [0.5, 0.6) is 0 Å².